The van der Waals surface area contributed by atoms with E-state index in [0.717, 1.165) is 26.1 Å². The third-order valence-electron chi connectivity index (χ3n) is 5.66. The second-order valence-electron chi connectivity index (χ2n) is 9.07. The van der Waals surface area contributed by atoms with Crippen LogP contribution in [0.4, 0.5) is 4.79 Å². The molecule has 0 saturated carbocycles. The van der Waals surface area contributed by atoms with Gasteiger partial charge in [-0.15, -0.1) is 0 Å². The fourth-order valence-electron chi connectivity index (χ4n) is 4.01. The van der Waals surface area contributed by atoms with Crippen LogP contribution in [0.1, 0.15) is 50.4 Å². The predicted octanol–water partition coefficient (Wildman–Crippen LogP) is 2.80. The molecule has 2 heterocycles. The molecule has 0 spiro atoms. The average Bonchev–Trinajstić information content (AvgIpc) is 3.21. The Labute approximate surface area is 179 Å². The zero-order chi connectivity index (χ0) is 21.7. The van der Waals surface area contributed by atoms with Gasteiger partial charge in [-0.25, -0.2) is 4.79 Å². The van der Waals surface area contributed by atoms with Crippen LogP contribution in [0, 0.1) is 0 Å². The Hall–Kier alpha value is -2.41. The van der Waals surface area contributed by atoms with Crippen molar-refractivity contribution < 1.29 is 19.1 Å². The predicted molar refractivity (Wildman–Crippen MR) is 114 cm³/mol. The smallest absolute Gasteiger partial charge is 0.410 e. The number of piperazine rings is 1. The molecular formula is C23H33N3O4. The van der Waals surface area contributed by atoms with E-state index in [-0.39, 0.29) is 30.6 Å². The van der Waals surface area contributed by atoms with Crippen molar-refractivity contribution in [2.45, 2.75) is 51.7 Å². The van der Waals surface area contributed by atoms with Gasteiger partial charge in [0.25, 0.3) is 0 Å². The van der Waals surface area contributed by atoms with Crippen molar-refractivity contribution in [1.29, 1.82) is 0 Å². The molecular weight excluding hydrogens is 382 g/mol. The van der Waals surface area contributed by atoms with Gasteiger partial charge in [-0.1, -0.05) is 30.3 Å². The van der Waals surface area contributed by atoms with Gasteiger partial charge in [0.15, 0.2) is 5.78 Å². The Bertz CT molecular complexity index is 751. The molecule has 2 aliphatic rings. The quantitative estimate of drug-likeness (QED) is 0.692. The Morgan fingerprint density at radius 1 is 0.933 bits per heavy atom. The zero-order valence-electron chi connectivity index (χ0n) is 18.3. The number of ether oxygens (including phenoxy) is 1. The molecule has 164 valence electrons. The van der Waals surface area contributed by atoms with Crippen molar-refractivity contribution in [3.8, 4) is 0 Å². The minimum absolute atomic E-state index is 0.0120. The largest absolute Gasteiger partial charge is 0.444 e. The van der Waals surface area contributed by atoms with Gasteiger partial charge in [-0.3, -0.25) is 14.5 Å². The Kier molecular flexibility index (Phi) is 7.13. The number of Topliss-reactive ketones (excluding diaryl/α,β-unsaturated/α-hetero) is 1. The number of hydrogen-bond donors (Lipinski definition) is 0. The lowest BCUT2D eigenvalue weighted by Gasteiger charge is -2.38. The lowest BCUT2D eigenvalue weighted by Crippen LogP contribution is -2.53. The van der Waals surface area contributed by atoms with Crippen molar-refractivity contribution in [3.05, 3.63) is 35.9 Å². The highest BCUT2D eigenvalue weighted by Gasteiger charge is 2.33. The molecule has 7 heteroatoms. The summed E-state index contributed by atoms with van der Waals surface area (Å²) in [5.41, 5.74) is 0.176. The molecule has 7 nitrogen and oxygen atoms in total. The Balaban J connectivity index is 1.41. The molecule has 2 saturated heterocycles. The monoisotopic (exact) mass is 415 g/mol. The second-order valence-corrected chi connectivity index (χ2v) is 9.07. The average molecular weight is 416 g/mol. The maximum absolute atomic E-state index is 12.6. The van der Waals surface area contributed by atoms with E-state index in [1.165, 1.54) is 0 Å². The van der Waals surface area contributed by atoms with Gasteiger partial charge in [-0.2, -0.15) is 0 Å². The first-order chi connectivity index (χ1) is 14.2. The molecule has 0 bridgehead atoms. The fourth-order valence-corrected chi connectivity index (χ4v) is 4.01. The van der Waals surface area contributed by atoms with Crippen molar-refractivity contribution in [3.63, 3.8) is 0 Å². The maximum atomic E-state index is 12.6. The van der Waals surface area contributed by atoms with Crippen LogP contribution >= 0.6 is 0 Å². The summed E-state index contributed by atoms with van der Waals surface area (Å²) in [6.07, 6.45) is 1.18. The van der Waals surface area contributed by atoms with E-state index in [1.54, 1.807) is 17.0 Å². The van der Waals surface area contributed by atoms with E-state index in [9.17, 15) is 14.4 Å². The topological polar surface area (TPSA) is 70.2 Å². The van der Waals surface area contributed by atoms with Crippen LogP contribution in [0.5, 0.6) is 0 Å². The maximum Gasteiger partial charge on any atom is 0.410 e. The summed E-state index contributed by atoms with van der Waals surface area (Å²) in [5.74, 6) is 0.0622. The molecule has 1 aromatic rings. The summed E-state index contributed by atoms with van der Waals surface area (Å²) < 4.78 is 5.45. The zero-order valence-corrected chi connectivity index (χ0v) is 18.3. The standard InChI is InChI=1S/C23H33N3O4/c1-23(2,3)30-22(29)25-15-13-24(14-16-25)19-11-12-26(17-19)21(28)10-9-20(27)18-7-5-4-6-8-18/h4-8,19H,9-17H2,1-3H3/t19-/m0/s1. The van der Waals surface area contributed by atoms with Crippen molar-refractivity contribution in [2.24, 2.45) is 0 Å². The lowest BCUT2D eigenvalue weighted by molar-refractivity contribution is -0.130. The van der Waals surface area contributed by atoms with Crippen LogP contribution in [-0.4, -0.2) is 83.4 Å². The molecule has 0 unspecified atom stereocenters. The van der Waals surface area contributed by atoms with Gasteiger partial charge in [-0.05, 0) is 27.2 Å². The van der Waals surface area contributed by atoms with Crippen molar-refractivity contribution in [1.82, 2.24) is 14.7 Å². The third kappa shape index (κ3) is 6.05. The Morgan fingerprint density at radius 2 is 1.60 bits per heavy atom. The van der Waals surface area contributed by atoms with Crippen LogP contribution in [0.25, 0.3) is 0 Å². The van der Waals surface area contributed by atoms with Gasteiger partial charge in [0.05, 0.1) is 0 Å². The van der Waals surface area contributed by atoms with E-state index in [1.807, 2.05) is 43.9 Å². The molecule has 2 aliphatic heterocycles. The third-order valence-corrected chi connectivity index (χ3v) is 5.66. The normalized spacial score (nSPS) is 20.3. The van der Waals surface area contributed by atoms with E-state index >= 15 is 0 Å². The Morgan fingerprint density at radius 3 is 2.23 bits per heavy atom. The van der Waals surface area contributed by atoms with E-state index < -0.39 is 5.60 Å². The second kappa shape index (κ2) is 9.60. The summed E-state index contributed by atoms with van der Waals surface area (Å²) >= 11 is 0. The number of ketones is 1. The molecule has 0 N–H and O–H groups in total. The summed E-state index contributed by atoms with van der Waals surface area (Å²) in [6, 6.07) is 9.44. The number of benzene rings is 1. The van der Waals surface area contributed by atoms with Crippen LogP contribution in [-0.2, 0) is 9.53 Å². The van der Waals surface area contributed by atoms with Crippen LogP contribution in [0.3, 0.4) is 0 Å². The molecule has 0 aliphatic carbocycles. The van der Waals surface area contributed by atoms with Crippen LogP contribution in [0.15, 0.2) is 30.3 Å². The highest BCUT2D eigenvalue weighted by molar-refractivity contribution is 5.97. The molecule has 0 aromatic heterocycles. The van der Waals surface area contributed by atoms with Gasteiger partial charge >= 0.3 is 6.09 Å². The van der Waals surface area contributed by atoms with Gasteiger partial charge < -0.3 is 14.5 Å². The first-order valence-electron chi connectivity index (χ1n) is 10.8. The molecule has 2 amide bonds. The minimum atomic E-state index is -0.484. The van der Waals surface area contributed by atoms with Gasteiger partial charge in [0, 0.05) is 63.7 Å². The molecule has 3 rings (SSSR count). The number of carbonyl (C=O) groups is 3. The first-order valence-corrected chi connectivity index (χ1v) is 10.8. The van der Waals surface area contributed by atoms with E-state index in [0.29, 0.717) is 31.2 Å². The van der Waals surface area contributed by atoms with Gasteiger partial charge in [0.1, 0.15) is 5.60 Å². The lowest BCUT2D eigenvalue weighted by atomic mass is 10.1. The fraction of sp³-hybridized carbons (Fsp3) is 0.609. The number of nitrogens with zero attached hydrogens (tertiary/aromatic N) is 3. The number of carbonyl (C=O) groups excluding carboxylic acids is 3. The van der Waals surface area contributed by atoms with Crippen molar-refractivity contribution in [2.75, 3.05) is 39.3 Å². The molecule has 1 aromatic carbocycles. The number of amides is 2. The number of likely N-dealkylation sites (tertiary alicyclic amines) is 1. The summed E-state index contributed by atoms with van der Waals surface area (Å²) in [5, 5.41) is 0. The molecule has 1 atom stereocenters. The minimum Gasteiger partial charge on any atom is -0.444 e. The van der Waals surface area contributed by atoms with Crippen LogP contribution < -0.4 is 0 Å². The first kappa shape index (κ1) is 22.3. The van der Waals surface area contributed by atoms with E-state index in [2.05, 4.69) is 4.90 Å². The number of rotatable bonds is 5. The molecule has 30 heavy (non-hydrogen) atoms. The molecule has 0 radical (unpaired) electrons. The summed E-state index contributed by atoms with van der Waals surface area (Å²) in [7, 11) is 0. The highest BCUT2D eigenvalue weighted by atomic mass is 16.6. The van der Waals surface area contributed by atoms with Crippen molar-refractivity contribution >= 4 is 17.8 Å². The highest BCUT2D eigenvalue weighted by Crippen LogP contribution is 2.20. The summed E-state index contributed by atoms with van der Waals surface area (Å²) in [6.45, 7) is 9.92. The van der Waals surface area contributed by atoms with Gasteiger partial charge in [0.2, 0.25) is 5.91 Å². The van der Waals surface area contributed by atoms with Crippen LogP contribution in [0.2, 0.25) is 0 Å². The molecule has 2 fully saturated rings. The van der Waals surface area contributed by atoms with E-state index in [4.69, 9.17) is 4.74 Å². The summed E-state index contributed by atoms with van der Waals surface area (Å²) in [4.78, 5) is 43.0. The number of hydrogen-bond acceptors (Lipinski definition) is 5. The SMILES string of the molecule is CC(C)(C)OC(=O)N1CCN([C@H]2CCN(C(=O)CCC(=O)c3ccccc3)C2)CC1.